The first-order valence-corrected chi connectivity index (χ1v) is 18.6. The summed E-state index contributed by atoms with van der Waals surface area (Å²) < 4.78 is 46.6. The molecule has 3 aromatic heterocycles. The van der Waals surface area contributed by atoms with E-state index in [2.05, 4.69) is 95.6 Å². The Labute approximate surface area is 331 Å². The summed E-state index contributed by atoms with van der Waals surface area (Å²) in [5.74, 6) is 0.674. The van der Waals surface area contributed by atoms with Crippen molar-refractivity contribution in [3.8, 4) is 56.4 Å². The molecule has 0 aliphatic rings. The van der Waals surface area contributed by atoms with Crippen LogP contribution in [0.5, 0.6) is 0 Å². The molecule has 0 radical (unpaired) electrons. The minimum absolute atomic E-state index is 0.134. The summed E-state index contributed by atoms with van der Waals surface area (Å²) in [4.78, 5) is 10.0. The van der Waals surface area contributed by atoms with Gasteiger partial charge < -0.3 is 9.13 Å². The van der Waals surface area contributed by atoms with Crippen molar-refractivity contribution in [3.63, 3.8) is 0 Å². The van der Waals surface area contributed by atoms with E-state index in [0.29, 0.717) is 5.82 Å². The Bertz CT molecular complexity index is 3440. The van der Waals surface area contributed by atoms with Gasteiger partial charge in [0, 0.05) is 49.6 Å². The lowest BCUT2D eigenvalue weighted by molar-refractivity contribution is 1.17. The number of aromatic nitrogens is 4. The molecule has 11 aromatic rings. The van der Waals surface area contributed by atoms with Gasteiger partial charge in [-0.05, 0) is 71.7 Å². The van der Waals surface area contributed by atoms with Crippen LogP contribution < -0.4 is 0 Å². The van der Waals surface area contributed by atoms with E-state index in [1.165, 1.54) is 0 Å². The second-order valence-corrected chi connectivity index (χ2v) is 13.9. The second kappa shape index (κ2) is 13.1. The molecular formula is C52H34N4. The van der Waals surface area contributed by atoms with Crippen LogP contribution in [0.2, 0.25) is 0 Å². The Balaban J connectivity index is 1.04. The monoisotopic (exact) mass is 719 g/mol. The van der Waals surface area contributed by atoms with Crippen molar-refractivity contribution in [2.75, 3.05) is 0 Å². The summed E-state index contributed by atoms with van der Waals surface area (Å²) in [5.41, 5.74) is 11.5. The van der Waals surface area contributed by atoms with E-state index < -0.39 is 6.04 Å². The van der Waals surface area contributed by atoms with Crippen molar-refractivity contribution >= 4 is 43.6 Å². The highest BCUT2D eigenvalue weighted by Gasteiger charge is 2.17. The first-order valence-electron chi connectivity index (χ1n) is 21.1. The Kier molecular flexibility index (Phi) is 6.33. The van der Waals surface area contributed by atoms with Gasteiger partial charge in [0.15, 0.2) is 5.82 Å². The molecule has 0 amide bonds. The Morgan fingerprint density at radius 3 is 1.54 bits per heavy atom. The molecular weight excluding hydrogens is 681 g/mol. The molecule has 0 N–H and O–H groups in total. The second-order valence-electron chi connectivity index (χ2n) is 13.9. The first kappa shape index (κ1) is 27.1. The van der Waals surface area contributed by atoms with Crippen LogP contribution in [0, 0.1) is 0 Å². The number of benzene rings is 8. The third kappa shape index (κ3) is 5.31. The van der Waals surface area contributed by atoms with Gasteiger partial charge in [-0.15, -0.1) is 0 Å². The molecule has 0 saturated carbocycles. The van der Waals surface area contributed by atoms with E-state index in [0.717, 1.165) is 88.5 Å². The molecule has 0 saturated heterocycles. The fourth-order valence-electron chi connectivity index (χ4n) is 8.03. The molecule has 0 spiro atoms. The van der Waals surface area contributed by atoms with E-state index >= 15 is 0 Å². The van der Waals surface area contributed by atoms with Crippen LogP contribution in [0.15, 0.2) is 206 Å². The SMILES string of the molecule is [2H]c1c([2H])c([2H])c(-n2c3ccccc3c3cc(-c4ccc5c6ccccc6n(-c6ccc(-c7cc(-c8ccccc8)nc(-c8ccccc8)n7)cc6)c5c4)ccc32)c([2H])c1[2H]. The highest BCUT2D eigenvalue weighted by molar-refractivity contribution is 6.12. The molecule has 3 heterocycles. The third-order valence-electron chi connectivity index (χ3n) is 10.6. The lowest BCUT2D eigenvalue weighted by Gasteiger charge is -2.12. The average molecular weight is 720 g/mol. The Morgan fingerprint density at radius 2 is 0.839 bits per heavy atom. The van der Waals surface area contributed by atoms with Crippen LogP contribution in [-0.4, -0.2) is 19.1 Å². The standard InChI is InChI=1S/C52H34N4/c1-4-14-35(15-5-1)46-34-47(54-52(53-46)37-16-6-2-7-17-37)36-24-28-41(29-25-36)56-48-22-12-10-20-42(48)44-30-26-39(33-51(44)56)38-27-31-50-45(32-38)43-21-11-13-23-49(43)55(50)40-18-8-3-9-19-40/h1-34H/i3D,8D,9D,18D,19D. The van der Waals surface area contributed by atoms with Crippen molar-refractivity contribution in [1.82, 2.24) is 19.1 Å². The average Bonchev–Trinajstić information content (AvgIpc) is 3.83. The predicted octanol–water partition coefficient (Wildman–Crippen LogP) is 13.3. The van der Waals surface area contributed by atoms with Crippen molar-refractivity contribution < 1.29 is 6.85 Å². The summed E-state index contributed by atoms with van der Waals surface area (Å²) in [5, 5.41) is 4.14. The maximum Gasteiger partial charge on any atom is 0.160 e. The molecule has 0 aliphatic carbocycles. The summed E-state index contributed by atoms with van der Waals surface area (Å²) in [6, 6.07) is 58.3. The summed E-state index contributed by atoms with van der Waals surface area (Å²) in [6.07, 6.45) is 0. The number of hydrogen-bond donors (Lipinski definition) is 0. The fraction of sp³-hybridized carbons (Fsp3) is 0. The van der Waals surface area contributed by atoms with Crippen molar-refractivity contribution in [2.45, 2.75) is 0 Å². The maximum absolute atomic E-state index is 8.79. The zero-order valence-electron chi connectivity index (χ0n) is 35.0. The smallest absolute Gasteiger partial charge is 0.160 e. The van der Waals surface area contributed by atoms with Crippen LogP contribution in [0.25, 0.3) is 100 Å². The van der Waals surface area contributed by atoms with Crippen molar-refractivity contribution in [3.05, 3.63) is 206 Å². The van der Waals surface area contributed by atoms with Gasteiger partial charge in [-0.2, -0.15) is 0 Å². The van der Waals surface area contributed by atoms with E-state index in [4.69, 9.17) is 16.8 Å². The van der Waals surface area contributed by atoms with Crippen molar-refractivity contribution in [1.29, 1.82) is 0 Å². The normalized spacial score (nSPS) is 12.8. The number of rotatable bonds is 6. The number of para-hydroxylation sites is 3. The van der Waals surface area contributed by atoms with E-state index in [-0.39, 0.29) is 29.9 Å². The number of nitrogens with zero attached hydrogens (tertiary/aromatic N) is 4. The Hall–Kier alpha value is -7.56. The number of hydrogen-bond acceptors (Lipinski definition) is 2. The van der Waals surface area contributed by atoms with Crippen molar-refractivity contribution in [2.24, 2.45) is 0 Å². The Morgan fingerprint density at radius 1 is 0.339 bits per heavy atom. The first-order chi connectivity index (χ1) is 29.8. The fourth-order valence-corrected chi connectivity index (χ4v) is 8.03. The lowest BCUT2D eigenvalue weighted by Crippen LogP contribution is -1.97. The molecule has 0 fully saturated rings. The van der Waals surface area contributed by atoms with Gasteiger partial charge in [0.2, 0.25) is 0 Å². The highest BCUT2D eigenvalue weighted by Crippen LogP contribution is 2.38. The van der Waals surface area contributed by atoms with Gasteiger partial charge >= 0.3 is 0 Å². The molecule has 0 atom stereocenters. The molecule has 4 heteroatoms. The van der Waals surface area contributed by atoms with Crippen LogP contribution in [0.1, 0.15) is 6.85 Å². The van der Waals surface area contributed by atoms with Gasteiger partial charge in [-0.3, -0.25) is 0 Å². The van der Waals surface area contributed by atoms with Crippen LogP contribution in [0.4, 0.5) is 0 Å². The molecule has 0 bridgehead atoms. The van der Waals surface area contributed by atoms with Gasteiger partial charge in [0.1, 0.15) is 0 Å². The van der Waals surface area contributed by atoms with E-state index in [9.17, 15) is 0 Å². The van der Waals surface area contributed by atoms with E-state index in [1.807, 2.05) is 84.9 Å². The van der Waals surface area contributed by atoms with Gasteiger partial charge in [0.25, 0.3) is 0 Å². The molecule has 4 nitrogen and oxygen atoms in total. The summed E-state index contributed by atoms with van der Waals surface area (Å²) in [6.45, 7) is 0. The zero-order valence-corrected chi connectivity index (χ0v) is 30.0. The maximum atomic E-state index is 8.79. The molecule has 11 rings (SSSR count). The van der Waals surface area contributed by atoms with Gasteiger partial charge in [0.05, 0.1) is 40.3 Å². The van der Waals surface area contributed by atoms with Crippen LogP contribution >= 0.6 is 0 Å². The zero-order chi connectivity index (χ0) is 41.4. The summed E-state index contributed by atoms with van der Waals surface area (Å²) in [7, 11) is 0. The molecule has 56 heavy (non-hydrogen) atoms. The predicted molar refractivity (Wildman–Crippen MR) is 232 cm³/mol. The van der Waals surface area contributed by atoms with Crippen LogP contribution in [0.3, 0.4) is 0 Å². The third-order valence-corrected chi connectivity index (χ3v) is 10.6. The molecule has 8 aromatic carbocycles. The van der Waals surface area contributed by atoms with Gasteiger partial charge in [-0.1, -0.05) is 146 Å². The molecule has 0 aliphatic heterocycles. The summed E-state index contributed by atoms with van der Waals surface area (Å²) >= 11 is 0. The van der Waals surface area contributed by atoms with Gasteiger partial charge in [-0.25, -0.2) is 9.97 Å². The largest absolute Gasteiger partial charge is 0.309 e. The lowest BCUT2D eigenvalue weighted by atomic mass is 10.0. The quantitative estimate of drug-likeness (QED) is 0.171. The minimum Gasteiger partial charge on any atom is -0.309 e. The highest BCUT2D eigenvalue weighted by atomic mass is 15.0. The topological polar surface area (TPSA) is 35.6 Å². The van der Waals surface area contributed by atoms with Crippen LogP contribution in [-0.2, 0) is 0 Å². The minimum atomic E-state index is -0.411. The molecule has 262 valence electrons. The number of fused-ring (bicyclic) bond motifs is 6. The molecule has 0 unspecified atom stereocenters. The van der Waals surface area contributed by atoms with E-state index in [1.54, 1.807) is 4.57 Å².